The molecule has 1 rings (SSSR count). The topological polar surface area (TPSA) is 86.7 Å². The van der Waals surface area contributed by atoms with Crippen molar-refractivity contribution < 1.29 is 19.5 Å². The molecule has 1 aromatic rings. The molecule has 108 valence electrons. The average molecular weight is 278 g/mol. The number of carbonyl (C=O) groups excluding carboxylic acids is 2. The maximum absolute atomic E-state index is 12.0. The molecule has 0 saturated heterocycles. The van der Waals surface area contributed by atoms with Crippen molar-refractivity contribution in [1.82, 2.24) is 4.90 Å². The fraction of sp³-hybridized carbons (Fsp3) is 0.357. The summed E-state index contributed by atoms with van der Waals surface area (Å²) in [6.45, 7) is 5.07. The summed E-state index contributed by atoms with van der Waals surface area (Å²) >= 11 is 0. The molecule has 0 aliphatic carbocycles. The van der Waals surface area contributed by atoms with Gasteiger partial charge in [0, 0.05) is 24.3 Å². The third-order valence-electron chi connectivity index (χ3n) is 2.78. The van der Waals surface area contributed by atoms with Gasteiger partial charge in [-0.3, -0.25) is 14.4 Å². The molecule has 0 fully saturated rings. The van der Waals surface area contributed by atoms with Crippen molar-refractivity contribution in [1.29, 1.82) is 0 Å². The monoisotopic (exact) mass is 278 g/mol. The predicted molar refractivity (Wildman–Crippen MR) is 74.6 cm³/mol. The van der Waals surface area contributed by atoms with Crippen LogP contribution in [0.2, 0.25) is 0 Å². The summed E-state index contributed by atoms with van der Waals surface area (Å²) in [5.74, 6) is -1.85. The second-order valence-corrected chi connectivity index (χ2v) is 4.17. The summed E-state index contributed by atoms with van der Waals surface area (Å²) in [5.41, 5.74) is 0.997. The van der Waals surface area contributed by atoms with Crippen LogP contribution in [0.3, 0.4) is 0 Å². The Morgan fingerprint density at radius 1 is 1.10 bits per heavy atom. The summed E-state index contributed by atoms with van der Waals surface area (Å²) in [6.07, 6.45) is -0.583. The quantitative estimate of drug-likeness (QED) is 0.773. The van der Waals surface area contributed by atoms with Crippen molar-refractivity contribution in [2.45, 2.75) is 20.3 Å². The van der Waals surface area contributed by atoms with E-state index in [0.29, 0.717) is 24.3 Å². The van der Waals surface area contributed by atoms with Crippen molar-refractivity contribution in [2.75, 3.05) is 18.4 Å². The first-order chi connectivity index (χ1) is 9.47. The van der Waals surface area contributed by atoms with Crippen molar-refractivity contribution in [3.8, 4) is 0 Å². The molecule has 0 unspecified atom stereocenters. The molecule has 2 amide bonds. The minimum atomic E-state index is -1.18. The highest BCUT2D eigenvalue weighted by Crippen LogP contribution is 2.12. The molecule has 0 aromatic heterocycles. The van der Waals surface area contributed by atoms with E-state index in [1.165, 1.54) is 0 Å². The van der Waals surface area contributed by atoms with Crippen molar-refractivity contribution in [2.24, 2.45) is 0 Å². The minimum absolute atomic E-state index is 0.0709. The molecule has 1 aromatic carbocycles. The summed E-state index contributed by atoms with van der Waals surface area (Å²) < 4.78 is 0. The Balaban J connectivity index is 2.71. The van der Waals surface area contributed by atoms with Gasteiger partial charge in [-0.2, -0.15) is 0 Å². The first kappa shape index (κ1) is 15.7. The lowest BCUT2D eigenvalue weighted by Crippen LogP contribution is -2.30. The minimum Gasteiger partial charge on any atom is -0.481 e. The van der Waals surface area contributed by atoms with E-state index < -0.39 is 18.3 Å². The molecule has 20 heavy (non-hydrogen) atoms. The van der Waals surface area contributed by atoms with E-state index in [9.17, 15) is 14.4 Å². The highest BCUT2D eigenvalue weighted by Gasteiger charge is 2.12. The Hall–Kier alpha value is -2.37. The number of carboxylic acids is 1. The van der Waals surface area contributed by atoms with Gasteiger partial charge in [-0.05, 0) is 38.1 Å². The zero-order valence-electron chi connectivity index (χ0n) is 11.5. The van der Waals surface area contributed by atoms with E-state index in [4.69, 9.17) is 5.11 Å². The van der Waals surface area contributed by atoms with Crippen LogP contribution >= 0.6 is 0 Å². The second-order valence-electron chi connectivity index (χ2n) is 4.17. The van der Waals surface area contributed by atoms with Gasteiger partial charge < -0.3 is 15.3 Å². The zero-order chi connectivity index (χ0) is 15.1. The number of hydrogen-bond acceptors (Lipinski definition) is 3. The maximum atomic E-state index is 12.0. The Bertz CT molecular complexity index is 492. The normalized spacial score (nSPS) is 9.90. The molecule has 6 nitrogen and oxygen atoms in total. The van der Waals surface area contributed by atoms with Gasteiger partial charge in [-0.15, -0.1) is 0 Å². The number of rotatable bonds is 6. The highest BCUT2D eigenvalue weighted by molar-refractivity contribution is 6.01. The SMILES string of the molecule is CCN(CC)C(=O)c1ccc(NC(=O)CC(=O)O)cc1. The van der Waals surface area contributed by atoms with Crippen molar-refractivity contribution >= 4 is 23.5 Å². The zero-order valence-corrected chi connectivity index (χ0v) is 11.5. The number of hydrogen-bond donors (Lipinski definition) is 2. The number of nitrogens with one attached hydrogen (secondary N) is 1. The Morgan fingerprint density at radius 3 is 2.10 bits per heavy atom. The van der Waals surface area contributed by atoms with Crippen LogP contribution in [0.4, 0.5) is 5.69 Å². The van der Waals surface area contributed by atoms with E-state index in [1.54, 1.807) is 29.2 Å². The smallest absolute Gasteiger partial charge is 0.312 e. The van der Waals surface area contributed by atoms with Crippen LogP contribution in [0.15, 0.2) is 24.3 Å². The summed E-state index contributed by atoms with van der Waals surface area (Å²) in [4.78, 5) is 35.4. The largest absolute Gasteiger partial charge is 0.481 e. The van der Waals surface area contributed by atoms with Gasteiger partial charge in [0.15, 0.2) is 0 Å². The number of nitrogens with zero attached hydrogens (tertiary/aromatic N) is 1. The van der Waals surface area contributed by atoms with Gasteiger partial charge >= 0.3 is 5.97 Å². The molecule has 0 bridgehead atoms. The van der Waals surface area contributed by atoms with Crippen molar-refractivity contribution in [3.63, 3.8) is 0 Å². The lowest BCUT2D eigenvalue weighted by Gasteiger charge is -2.18. The highest BCUT2D eigenvalue weighted by atomic mass is 16.4. The number of carbonyl (C=O) groups is 3. The van der Waals surface area contributed by atoms with Crippen LogP contribution in [0.5, 0.6) is 0 Å². The van der Waals surface area contributed by atoms with E-state index in [1.807, 2.05) is 13.8 Å². The number of amides is 2. The molecule has 0 saturated carbocycles. The standard InChI is InChI=1S/C14H18N2O4/c1-3-16(4-2)14(20)10-5-7-11(8-6-10)15-12(17)9-13(18)19/h5-8H,3-4,9H2,1-2H3,(H,15,17)(H,18,19). The van der Waals surface area contributed by atoms with Crippen molar-refractivity contribution in [3.05, 3.63) is 29.8 Å². The molecular formula is C14H18N2O4. The average Bonchev–Trinajstić information content (AvgIpc) is 2.39. The predicted octanol–water partition coefficient (Wildman–Crippen LogP) is 1.58. The van der Waals surface area contributed by atoms with Gasteiger partial charge in [-0.25, -0.2) is 0 Å². The van der Waals surface area contributed by atoms with E-state index >= 15 is 0 Å². The second kappa shape index (κ2) is 7.28. The molecule has 0 heterocycles. The van der Waals surface area contributed by atoms with Crippen LogP contribution in [-0.2, 0) is 9.59 Å². The maximum Gasteiger partial charge on any atom is 0.312 e. The van der Waals surface area contributed by atoms with Crippen LogP contribution in [-0.4, -0.2) is 40.9 Å². The lowest BCUT2D eigenvalue weighted by molar-refractivity contribution is -0.139. The Morgan fingerprint density at radius 2 is 1.65 bits per heavy atom. The Labute approximate surface area is 117 Å². The molecule has 0 radical (unpaired) electrons. The summed E-state index contributed by atoms with van der Waals surface area (Å²) in [5, 5.41) is 10.9. The van der Waals surface area contributed by atoms with Crippen LogP contribution in [0.25, 0.3) is 0 Å². The van der Waals surface area contributed by atoms with Crippen LogP contribution < -0.4 is 5.32 Å². The van der Waals surface area contributed by atoms with Crippen LogP contribution in [0.1, 0.15) is 30.6 Å². The fourth-order valence-electron chi connectivity index (χ4n) is 1.73. The van der Waals surface area contributed by atoms with E-state index in [0.717, 1.165) is 0 Å². The molecule has 2 N–H and O–H groups in total. The molecule has 0 aliphatic rings. The van der Waals surface area contributed by atoms with Gasteiger partial charge in [-0.1, -0.05) is 0 Å². The summed E-state index contributed by atoms with van der Waals surface area (Å²) in [7, 11) is 0. The third kappa shape index (κ3) is 4.38. The molecular weight excluding hydrogens is 260 g/mol. The van der Waals surface area contributed by atoms with Gasteiger partial charge in [0.1, 0.15) is 6.42 Å². The Kier molecular flexibility index (Phi) is 5.71. The lowest BCUT2D eigenvalue weighted by atomic mass is 10.1. The molecule has 0 spiro atoms. The molecule has 6 heteroatoms. The third-order valence-corrected chi connectivity index (χ3v) is 2.78. The van der Waals surface area contributed by atoms with Gasteiger partial charge in [0.05, 0.1) is 0 Å². The number of benzene rings is 1. The van der Waals surface area contributed by atoms with E-state index in [-0.39, 0.29) is 5.91 Å². The number of anilines is 1. The number of carboxylic acid groups (broad SMARTS) is 1. The van der Waals surface area contributed by atoms with E-state index in [2.05, 4.69) is 5.32 Å². The van der Waals surface area contributed by atoms with Gasteiger partial charge in [0.25, 0.3) is 5.91 Å². The summed E-state index contributed by atoms with van der Waals surface area (Å²) in [6, 6.07) is 6.38. The first-order valence-corrected chi connectivity index (χ1v) is 6.38. The molecule has 0 atom stereocenters. The first-order valence-electron chi connectivity index (χ1n) is 6.38. The number of aliphatic carboxylic acids is 1. The van der Waals surface area contributed by atoms with Crippen LogP contribution in [0, 0.1) is 0 Å². The molecule has 0 aliphatic heterocycles. The fourth-order valence-corrected chi connectivity index (χ4v) is 1.73. The van der Waals surface area contributed by atoms with Gasteiger partial charge in [0.2, 0.25) is 5.91 Å².